The normalized spacial score (nSPS) is 10.1. The number of benzene rings is 1. The van der Waals surface area contributed by atoms with Crippen LogP contribution >= 0.6 is 0 Å². The zero-order valence-corrected chi connectivity index (χ0v) is 9.33. The van der Waals surface area contributed by atoms with Crippen molar-refractivity contribution >= 4 is 5.69 Å². The summed E-state index contributed by atoms with van der Waals surface area (Å²) in [7, 11) is 0. The second-order valence-corrected chi connectivity index (χ2v) is 3.44. The predicted molar refractivity (Wildman–Crippen MR) is 59.9 cm³/mol. The van der Waals surface area contributed by atoms with Crippen LogP contribution in [-0.4, -0.2) is 14.9 Å². The number of rotatable bonds is 3. The topological polar surface area (TPSA) is 78.2 Å². The molecule has 1 aromatic heterocycles. The predicted octanol–water partition coefficient (Wildman–Crippen LogP) is 2.62. The van der Waals surface area contributed by atoms with Gasteiger partial charge in [0, 0.05) is 6.07 Å². The maximum absolute atomic E-state index is 12.8. The molecule has 92 valence electrons. The molecule has 0 aliphatic rings. The van der Waals surface area contributed by atoms with Gasteiger partial charge in [-0.05, 0) is 13.0 Å². The van der Waals surface area contributed by atoms with Crippen LogP contribution in [0.4, 0.5) is 10.1 Å². The lowest BCUT2D eigenvalue weighted by atomic mass is 10.2. The standard InChI is InChI=1S/C11H8FN3O3/c1-7-8(15(16)17)3-2-4-9(7)18-11-5-10(12)13-6-14-11/h2-6H,1H3. The molecule has 18 heavy (non-hydrogen) atoms. The van der Waals surface area contributed by atoms with Crippen LogP contribution in [0.1, 0.15) is 5.56 Å². The van der Waals surface area contributed by atoms with E-state index in [1.807, 2.05) is 0 Å². The van der Waals surface area contributed by atoms with Gasteiger partial charge in [0.2, 0.25) is 11.8 Å². The first-order valence-corrected chi connectivity index (χ1v) is 4.97. The van der Waals surface area contributed by atoms with Crippen molar-refractivity contribution in [3.63, 3.8) is 0 Å². The number of aromatic nitrogens is 2. The first-order chi connectivity index (χ1) is 8.58. The van der Waals surface area contributed by atoms with E-state index in [-0.39, 0.29) is 17.3 Å². The fourth-order valence-corrected chi connectivity index (χ4v) is 1.40. The second kappa shape index (κ2) is 4.74. The van der Waals surface area contributed by atoms with E-state index in [1.165, 1.54) is 12.1 Å². The maximum Gasteiger partial charge on any atom is 0.276 e. The maximum atomic E-state index is 12.8. The number of nitrogens with zero attached hydrogens (tertiary/aromatic N) is 3. The third kappa shape index (κ3) is 2.40. The highest BCUT2D eigenvalue weighted by atomic mass is 19.1. The molecule has 0 spiro atoms. The van der Waals surface area contributed by atoms with Gasteiger partial charge in [-0.15, -0.1) is 0 Å². The Bertz CT molecular complexity index is 604. The number of nitro benzene ring substituents is 1. The van der Waals surface area contributed by atoms with Gasteiger partial charge in [-0.2, -0.15) is 4.39 Å². The fraction of sp³-hybridized carbons (Fsp3) is 0.0909. The van der Waals surface area contributed by atoms with Crippen LogP contribution in [0.3, 0.4) is 0 Å². The van der Waals surface area contributed by atoms with Gasteiger partial charge in [-0.1, -0.05) is 6.07 Å². The van der Waals surface area contributed by atoms with Crippen LogP contribution in [0.5, 0.6) is 11.6 Å². The highest BCUT2D eigenvalue weighted by Gasteiger charge is 2.15. The second-order valence-electron chi connectivity index (χ2n) is 3.44. The molecule has 0 amide bonds. The molecule has 1 aromatic carbocycles. The van der Waals surface area contributed by atoms with Gasteiger partial charge in [0.1, 0.15) is 12.1 Å². The molecule has 7 heteroatoms. The molecule has 0 atom stereocenters. The lowest BCUT2D eigenvalue weighted by Crippen LogP contribution is -1.96. The molecule has 1 heterocycles. The Balaban J connectivity index is 2.35. The minimum absolute atomic E-state index is 0.00824. The molecule has 0 aliphatic heterocycles. The molecule has 0 bridgehead atoms. The number of ether oxygens (including phenoxy) is 1. The summed E-state index contributed by atoms with van der Waals surface area (Å²) in [5.74, 6) is -0.489. The van der Waals surface area contributed by atoms with E-state index in [0.29, 0.717) is 5.56 Å². The van der Waals surface area contributed by atoms with Gasteiger partial charge in [-0.25, -0.2) is 9.97 Å². The Morgan fingerprint density at radius 2 is 2.17 bits per heavy atom. The highest BCUT2D eigenvalue weighted by Crippen LogP contribution is 2.29. The van der Waals surface area contributed by atoms with E-state index in [4.69, 9.17) is 4.74 Å². The monoisotopic (exact) mass is 249 g/mol. The van der Waals surface area contributed by atoms with E-state index >= 15 is 0 Å². The third-order valence-corrected chi connectivity index (χ3v) is 2.28. The summed E-state index contributed by atoms with van der Waals surface area (Å²) in [6.07, 6.45) is 1.01. The summed E-state index contributed by atoms with van der Waals surface area (Å²) in [5.41, 5.74) is 0.281. The summed E-state index contributed by atoms with van der Waals surface area (Å²) in [6, 6.07) is 5.39. The van der Waals surface area contributed by atoms with Crippen LogP contribution in [0, 0.1) is 23.0 Å². The molecule has 0 radical (unpaired) electrons. The zero-order valence-electron chi connectivity index (χ0n) is 9.33. The van der Waals surface area contributed by atoms with Crippen LogP contribution in [0.2, 0.25) is 0 Å². The van der Waals surface area contributed by atoms with Crippen molar-refractivity contribution in [2.75, 3.05) is 0 Å². The van der Waals surface area contributed by atoms with Crippen molar-refractivity contribution in [3.8, 4) is 11.6 Å². The average Bonchev–Trinajstić information content (AvgIpc) is 2.31. The fourth-order valence-electron chi connectivity index (χ4n) is 1.40. The molecule has 6 nitrogen and oxygen atoms in total. The van der Waals surface area contributed by atoms with E-state index in [9.17, 15) is 14.5 Å². The summed E-state index contributed by atoms with van der Waals surface area (Å²) in [5, 5.41) is 10.7. The van der Waals surface area contributed by atoms with E-state index < -0.39 is 10.9 Å². The Hall–Kier alpha value is -2.57. The Morgan fingerprint density at radius 1 is 1.39 bits per heavy atom. The zero-order chi connectivity index (χ0) is 13.1. The van der Waals surface area contributed by atoms with Crippen molar-refractivity contribution in [3.05, 3.63) is 52.2 Å². The summed E-state index contributed by atoms with van der Waals surface area (Å²) in [6.45, 7) is 1.55. The van der Waals surface area contributed by atoms with Crippen molar-refractivity contribution in [2.24, 2.45) is 0 Å². The molecule has 0 saturated heterocycles. The van der Waals surface area contributed by atoms with Crippen LogP contribution in [-0.2, 0) is 0 Å². The van der Waals surface area contributed by atoms with Gasteiger partial charge < -0.3 is 4.74 Å². The number of hydrogen-bond acceptors (Lipinski definition) is 5. The molecule has 0 saturated carbocycles. The van der Waals surface area contributed by atoms with Gasteiger partial charge in [0.25, 0.3) is 5.69 Å². The van der Waals surface area contributed by atoms with Crippen molar-refractivity contribution < 1.29 is 14.1 Å². The van der Waals surface area contributed by atoms with E-state index in [0.717, 1.165) is 12.4 Å². The highest BCUT2D eigenvalue weighted by molar-refractivity contribution is 5.49. The van der Waals surface area contributed by atoms with Gasteiger partial charge in [-0.3, -0.25) is 10.1 Å². The average molecular weight is 249 g/mol. The minimum Gasteiger partial charge on any atom is -0.438 e. The lowest BCUT2D eigenvalue weighted by molar-refractivity contribution is -0.385. The summed E-state index contributed by atoms with van der Waals surface area (Å²) >= 11 is 0. The van der Waals surface area contributed by atoms with Gasteiger partial charge in [0.15, 0.2) is 0 Å². The molecule has 0 aliphatic carbocycles. The third-order valence-electron chi connectivity index (χ3n) is 2.28. The molecule has 2 rings (SSSR count). The largest absolute Gasteiger partial charge is 0.438 e. The van der Waals surface area contributed by atoms with Crippen LogP contribution in [0.25, 0.3) is 0 Å². The number of hydrogen-bond donors (Lipinski definition) is 0. The van der Waals surface area contributed by atoms with Gasteiger partial charge in [0.05, 0.1) is 16.6 Å². The van der Waals surface area contributed by atoms with Crippen molar-refractivity contribution in [1.29, 1.82) is 0 Å². The Kier molecular flexibility index (Phi) is 3.13. The molecular weight excluding hydrogens is 241 g/mol. The first-order valence-electron chi connectivity index (χ1n) is 4.97. The lowest BCUT2D eigenvalue weighted by Gasteiger charge is -2.07. The van der Waals surface area contributed by atoms with Gasteiger partial charge >= 0.3 is 0 Å². The van der Waals surface area contributed by atoms with E-state index in [2.05, 4.69) is 9.97 Å². The van der Waals surface area contributed by atoms with Crippen LogP contribution < -0.4 is 4.74 Å². The van der Waals surface area contributed by atoms with Crippen molar-refractivity contribution in [1.82, 2.24) is 9.97 Å². The Labute approximate surface area is 101 Å². The van der Waals surface area contributed by atoms with E-state index in [1.54, 1.807) is 13.0 Å². The molecule has 0 fully saturated rings. The molecule has 2 aromatic rings. The smallest absolute Gasteiger partial charge is 0.276 e. The number of halogens is 1. The van der Waals surface area contributed by atoms with Crippen LogP contribution in [0.15, 0.2) is 30.6 Å². The summed E-state index contributed by atoms with van der Waals surface area (Å²) < 4.78 is 18.1. The molecule has 0 unspecified atom stereocenters. The molecular formula is C11H8FN3O3. The summed E-state index contributed by atoms with van der Waals surface area (Å²) in [4.78, 5) is 17.2. The number of nitro groups is 1. The molecule has 0 N–H and O–H groups in total. The van der Waals surface area contributed by atoms with Crippen molar-refractivity contribution in [2.45, 2.75) is 6.92 Å². The first kappa shape index (κ1) is 11.9. The quantitative estimate of drug-likeness (QED) is 0.474. The Morgan fingerprint density at radius 3 is 2.83 bits per heavy atom. The minimum atomic E-state index is -0.733. The SMILES string of the molecule is Cc1c(Oc2cc(F)ncn2)cccc1[N+](=O)[O-].